The van der Waals surface area contributed by atoms with Gasteiger partial charge in [0.25, 0.3) is 5.91 Å². The van der Waals surface area contributed by atoms with E-state index in [9.17, 15) is 4.79 Å². The summed E-state index contributed by atoms with van der Waals surface area (Å²) in [4.78, 5) is 17.9. The van der Waals surface area contributed by atoms with Crippen LogP contribution in [0.4, 0.5) is 5.69 Å². The van der Waals surface area contributed by atoms with Crippen molar-refractivity contribution >= 4 is 11.6 Å². The second-order valence-electron chi connectivity index (χ2n) is 7.21. The lowest BCUT2D eigenvalue weighted by molar-refractivity contribution is 0.102. The van der Waals surface area contributed by atoms with E-state index >= 15 is 0 Å². The van der Waals surface area contributed by atoms with Crippen LogP contribution in [-0.4, -0.2) is 22.6 Å². The van der Waals surface area contributed by atoms with Crippen LogP contribution >= 0.6 is 0 Å². The smallest absolute Gasteiger partial charge is 0.276 e. The van der Waals surface area contributed by atoms with E-state index in [0.29, 0.717) is 17.1 Å². The summed E-state index contributed by atoms with van der Waals surface area (Å²) in [7, 11) is 1.60. The fourth-order valence-electron chi connectivity index (χ4n) is 3.75. The molecule has 0 unspecified atom stereocenters. The van der Waals surface area contributed by atoms with Gasteiger partial charge in [0, 0.05) is 12.1 Å². The van der Waals surface area contributed by atoms with Crippen LogP contribution in [0.25, 0.3) is 11.4 Å². The first kappa shape index (κ1) is 18.3. The van der Waals surface area contributed by atoms with Crippen molar-refractivity contribution in [2.24, 2.45) is 0 Å². The molecule has 0 radical (unpaired) electrons. The predicted octanol–water partition coefficient (Wildman–Crippen LogP) is 4.85. The van der Waals surface area contributed by atoms with Gasteiger partial charge < -0.3 is 14.6 Å². The van der Waals surface area contributed by atoms with Gasteiger partial charge in [-0.25, -0.2) is 4.98 Å². The zero-order valence-corrected chi connectivity index (χ0v) is 16.4. The largest absolute Gasteiger partial charge is 0.495 e. The number of nitrogens with one attached hydrogen (secondary N) is 1. The number of methoxy groups -OCH3 is 1. The molecule has 1 amide bonds. The summed E-state index contributed by atoms with van der Waals surface area (Å²) < 4.78 is 7.59. The number of hydrogen-bond donors (Lipinski definition) is 1. The number of rotatable bonds is 4. The predicted molar refractivity (Wildman–Crippen MR) is 111 cm³/mol. The third-order valence-corrected chi connectivity index (χ3v) is 5.25. The van der Waals surface area contributed by atoms with Crippen LogP contribution in [0.5, 0.6) is 5.75 Å². The molecule has 1 aliphatic heterocycles. The molecule has 0 aliphatic carbocycles. The summed E-state index contributed by atoms with van der Waals surface area (Å²) in [5.74, 6) is 1.33. The minimum Gasteiger partial charge on any atom is -0.495 e. The molecule has 2 heterocycles. The van der Waals surface area contributed by atoms with Crippen molar-refractivity contribution in [3.8, 4) is 17.1 Å². The number of para-hydroxylation sites is 2. The first-order valence-electron chi connectivity index (χ1n) is 9.78. The fourth-order valence-corrected chi connectivity index (χ4v) is 3.75. The Kier molecular flexibility index (Phi) is 5.15. The van der Waals surface area contributed by atoms with Gasteiger partial charge in [-0.05, 0) is 38.3 Å². The van der Waals surface area contributed by atoms with Crippen molar-refractivity contribution in [2.75, 3.05) is 12.4 Å². The Morgan fingerprint density at radius 2 is 1.86 bits per heavy atom. The van der Waals surface area contributed by atoms with E-state index in [1.165, 1.54) is 12.0 Å². The van der Waals surface area contributed by atoms with E-state index in [2.05, 4.69) is 41.1 Å². The molecule has 0 saturated heterocycles. The Morgan fingerprint density at radius 3 is 2.64 bits per heavy atom. The summed E-state index contributed by atoms with van der Waals surface area (Å²) in [6.45, 7) is 2.97. The highest BCUT2D eigenvalue weighted by Crippen LogP contribution is 2.29. The van der Waals surface area contributed by atoms with Crippen molar-refractivity contribution in [3.05, 3.63) is 65.5 Å². The van der Waals surface area contributed by atoms with E-state index in [1.807, 2.05) is 24.3 Å². The molecular formula is C23H25N3O2. The number of aromatic nitrogens is 2. The van der Waals surface area contributed by atoms with E-state index in [-0.39, 0.29) is 5.91 Å². The second-order valence-corrected chi connectivity index (χ2v) is 7.21. The standard InChI is InChI=1S/C23H25N3O2/c1-16-11-13-17(14-12-16)22-25-21(19-9-4-3-7-15-26(19)22)23(27)24-18-8-5-6-10-20(18)28-2/h5-6,8,10-14H,3-4,7,9,15H2,1-2H3,(H,24,27). The summed E-state index contributed by atoms with van der Waals surface area (Å²) in [5.41, 5.74) is 4.46. The molecule has 1 N–H and O–H groups in total. The second kappa shape index (κ2) is 7.89. The first-order chi connectivity index (χ1) is 13.7. The lowest BCUT2D eigenvalue weighted by Gasteiger charge is -2.10. The molecule has 0 fully saturated rings. The molecule has 0 saturated carbocycles. The molecule has 28 heavy (non-hydrogen) atoms. The maximum absolute atomic E-state index is 13.1. The minimum atomic E-state index is -0.187. The van der Waals surface area contributed by atoms with Crippen LogP contribution in [0.1, 0.15) is 41.0 Å². The number of anilines is 1. The molecule has 144 valence electrons. The molecular weight excluding hydrogens is 350 g/mol. The first-order valence-corrected chi connectivity index (χ1v) is 9.78. The molecule has 2 aromatic carbocycles. The Morgan fingerprint density at radius 1 is 1.07 bits per heavy atom. The summed E-state index contributed by atoms with van der Waals surface area (Å²) in [6.07, 6.45) is 4.22. The SMILES string of the molecule is COc1ccccc1NC(=O)c1nc(-c2ccc(C)cc2)n2c1CCCCC2. The fraction of sp³-hybridized carbons (Fsp3) is 0.304. The number of nitrogens with zero attached hydrogens (tertiary/aromatic N) is 2. The van der Waals surface area contributed by atoms with Gasteiger partial charge in [0.1, 0.15) is 17.3 Å². The number of fused-ring (bicyclic) bond motifs is 1. The number of amides is 1. The number of benzene rings is 2. The average molecular weight is 375 g/mol. The van der Waals surface area contributed by atoms with Gasteiger partial charge >= 0.3 is 0 Å². The third kappa shape index (κ3) is 3.52. The van der Waals surface area contributed by atoms with Gasteiger partial charge in [-0.15, -0.1) is 0 Å². The molecule has 0 bridgehead atoms. The third-order valence-electron chi connectivity index (χ3n) is 5.25. The van der Waals surface area contributed by atoms with Gasteiger partial charge in [-0.3, -0.25) is 4.79 Å². The summed E-state index contributed by atoms with van der Waals surface area (Å²) in [5, 5.41) is 2.98. The number of imidazole rings is 1. The highest BCUT2D eigenvalue weighted by atomic mass is 16.5. The molecule has 5 nitrogen and oxygen atoms in total. The Balaban J connectivity index is 1.74. The van der Waals surface area contributed by atoms with E-state index in [4.69, 9.17) is 9.72 Å². The number of carbonyl (C=O) groups is 1. The Bertz CT molecular complexity index is 990. The van der Waals surface area contributed by atoms with Crippen LogP contribution < -0.4 is 10.1 Å². The average Bonchev–Trinajstić information content (AvgIpc) is 2.90. The van der Waals surface area contributed by atoms with Crippen LogP contribution in [0.15, 0.2) is 48.5 Å². The quantitative estimate of drug-likeness (QED) is 0.709. The highest BCUT2D eigenvalue weighted by molar-refractivity contribution is 6.05. The van der Waals surface area contributed by atoms with Crippen LogP contribution in [0.3, 0.4) is 0 Å². The van der Waals surface area contributed by atoms with Gasteiger partial charge in [-0.2, -0.15) is 0 Å². The highest BCUT2D eigenvalue weighted by Gasteiger charge is 2.24. The maximum Gasteiger partial charge on any atom is 0.276 e. The van der Waals surface area contributed by atoms with Crippen LogP contribution in [0, 0.1) is 6.92 Å². The lowest BCUT2D eigenvalue weighted by atomic mass is 10.1. The van der Waals surface area contributed by atoms with E-state index < -0.39 is 0 Å². The monoisotopic (exact) mass is 375 g/mol. The zero-order valence-electron chi connectivity index (χ0n) is 16.4. The van der Waals surface area contributed by atoms with Crippen LogP contribution in [0.2, 0.25) is 0 Å². The topological polar surface area (TPSA) is 56.1 Å². The van der Waals surface area contributed by atoms with E-state index in [0.717, 1.165) is 42.9 Å². The van der Waals surface area contributed by atoms with Gasteiger partial charge in [0.15, 0.2) is 0 Å². The number of carbonyl (C=O) groups excluding carboxylic acids is 1. The van der Waals surface area contributed by atoms with Gasteiger partial charge in [-0.1, -0.05) is 48.4 Å². The number of ether oxygens (including phenoxy) is 1. The molecule has 5 heteroatoms. The molecule has 0 spiro atoms. The van der Waals surface area contributed by atoms with E-state index in [1.54, 1.807) is 7.11 Å². The molecule has 3 aromatic rings. The lowest BCUT2D eigenvalue weighted by Crippen LogP contribution is -2.16. The Hall–Kier alpha value is -3.08. The summed E-state index contributed by atoms with van der Waals surface area (Å²) in [6, 6.07) is 15.8. The maximum atomic E-state index is 13.1. The van der Waals surface area contributed by atoms with Crippen molar-refractivity contribution in [3.63, 3.8) is 0 Å². The Labute approximate surface area is 165 Å². The van der Waals surface area contributed by atoms with Crippen molar-refractivity contribution in [1.29, 1.82) is 0 Å². The number of hydrogen-bond acceptors (Lipinski definition) is 3. The van der Waals surface area contributed by atoms with Gasteiger partial charge in [0.05, 0.1) is 18.5 Å². The minimum absolute atomic E-state index is 0.187. The normalized spacial score (nSPS) is 13.5. The van der Waals surface area contributed by atoms with Crippen LogP contribution in [-0.2, 0) is 13.0 Å². The van der Waals surface area contributed by atoms with Crippen molar-refractivity contribution in [1.82, 2.24) is 9.55 Å². The molecule has 4 rings (SSSR count). The molecule has 1 aromatic heterocycles. The van der Waals surface area contributed by atoms with Crippen molar-refractivity contribution in [2.45, 2.75) is 39.2 Å². The number of aryl methyl sites for hydroxylation is 1. The van der Waals surface area contributed by atoms with Gasteiger partial charge in [0.2, 0.25) is 0 Å². The zero-order chi connectivity index (χ0) is 19.5. The molecule has 0 atom stereocenters. The molecule has 1 aliphatic rings. The van der Waals surface area contributed by atoms with Crippen molar-refractivity contribution < 1.29 is 9.53 Å². The summed E-state index contributed by atoms with van der Waals surface area (Å²) >= 11 is 0.